The van der Waals surface area contributed by atoms with Gasteiger partial charge in [0, 0.05) is 30.4 Å². The minimum absolute atomic E-state index is 0.0371. The van der Waals surface area contributed by atoms with Crippen LogP contribution in [0.3, 0.4) is 0 Å². The number of hydrogen-bond donors (Lipinski definition) is 0. The van der Waals surface area contributed by atoms with Gasteiger partial charge in [-0.25, -0.2) is 4.79 Å². The number of rotatable bonds is 2. The molecule has 0 aliphatic carbocycles. The van der Waals surface area contributed by atoms with Crippen LogP contribution in [0, 0.1) is 0 Å². The SMILES string of the molecule is CC(C)(C)OC(=O)N1CC[C@H]([S@](=O)c2ccncc2)C1. The smallest absolute Gasteiger partial charge is 0.410 e. The molecule has 0 saturated carbocycles. The summed E-state index contributed by atoms with van der Waals surface area (Å²) in [6, 6.07) is 3.51. The minimum Gasteiger partial charge on any atom is -0.444 e. The van der Waals surface area contributed by atoms with E-state index in [-0.39, 0.29) is 11.3 Å². The predicted octanol–water partition coefficient (Wildman–Crippen LogP) is 2.20. The molecule has 0 spiro atoms. The van der Waals surface area contributed by atoms with Crippen molar-refractivity contribution in [2.24, 2.45) is 0 Å². The first kappa shape index (κ1) is 15.0. The number of carbonyl (C=O) groups is 1. The van der Waals surface area contributed by atoms with Crippen LogP contribution in [0.15, 0.2) is 29.4 Å². The van der Waals surface area contributed by atoms with Gasteiger partial charge in [-0.2, -0.15) is 0 Å². The van der Waals surface area contributed by atoms with E-state index in [9.17, 15) is 9.00 Å². The van der Waals surface area contributed by atoms with Crippen molar-refractivity contribution in [1.29, 1.82) is 0 Å². The average Bonchev–Trinajstić information content (AvgIpc) is 2.86. The van der Waals surface area contributed by atoms with Crippen LogP contribution < -0.4 is 0 Å². The van der Waals surface area contributed by atoms with Gasteiger partial charge in [-0.15, -0.1) is 0 Å². The van der Waals surface area contributed by atoms with E-state index in [2.05, 4.69) is 4.98 Å². The van der Waals surface area contributed by atoms with E-state index in [0.717, 1.165) is 11.3 Å². The molecule has 1 aromatic heterocycles. The summed E-state index contributed by atoms with van der Waals surface area (Å²) < 4.78 is 17.7. The maximum absolute atomic E-state index is 12.4. The normalized spacial score (nSPS) is 20.8. The molecule has 0 N–H and O–H groups in total. The first-order valence-corrected chi connectivity index (χ1v) is 7.86. The Labute approximate surface area is 121 Å². The number of carbonyl (C=O) groups excluding carboxylic acids is 1. The van der Waals surface area contributed by atoms with Crippen molar-refractivity contribution < 1.29 is 13.7 Å². The Bertz CT molecular complexity index is 499. The van der Waals surface area contributed by atoms with Crippen LogP contribution >= 0.6 is 0 Å². The molecule has 6 heteroatoms. The molecule has 0 bridgehead atoms. The van der Waals surface area contributed by atoms with Gasteiger partial charge < -0.3 is 9.64 Å². The number of amides is 1. The van der Waals surface area contributed by atoms with Crippen LogP contribution in [0.2, 0.25) is 0 Å². The Morgan fingerprint density at radius 1 is 1.40 bits per heavy atom. The number of pyridine rings is 1. The second-order valence-corrected chi connectivity index (χ2v) is 7.55. The molecule has 2 atom stereocenters. The van der Waals surface area contributed by atoms with Crippen molar-refractivity contribution in [3.05, 3.63) is 24.5 Å². The lowest BCUT2D eigenvalue weighted by molar-refractivity contribution is 0.0295. The summed E-state index contributed by atoms with van der Waals surface area (Å²) in [4.78, 5) is 18.3. The third-order valence-corrected chi connectivity index (χ3v) is 4.71. The molecule has 0 unspecified atom stereocenters. The molecule has 2 rings (SSSR count). The summed E-state index contributed by atoms with van der Waals surface area (Å²) >= 11 is 0. The topological polar surface area (TPSA) is 59.5 Å². The van der Waals surface area contributed by atoms with Crippen LogP contribution in [0.5, 0.6) is 0 Å². The maximum Gasteiger partial charge on any atom is 0.410 e. The van der Waals surface area contributed by atoms with Crippen molar-refractivity contribution in [2.75, 3.05) is 13.1 Å². The van der Waals surface area contributed by atoms with E-state index in [1.807, 2.05) is 20.8 Å². The summed E-state index contributed by atoms with van der Waals surface area (Å²) in [7, 11) is -1.11. The maximum atomic E-state index is 12.4. The summed E-state index contributed by atoms with van der Waals surface area (Å²) in [5, 5.41) is -0.0371. The molecule has 1 amide bonds. The van der Waals surface area contributed by atoms with Crippen molar-refractivity contribution >= 4 is 16.9 Å². The number of likely N-dealkylation sites (tertiary alicyclic amines) is 1. The Morgan fingerprint density at radius 3 is 2.65 bits per heavy atom. The van der Waals surface area contributed by atoms with Gasteiger partial charge in [0.2, 0.25) is 0 Å². The van der Waals surface area contributed by atoms with Gasteiger partial charge >= 0.3 is 6.09 Å². The number of hydrogen-bond acceptors (Lipinski definition) is 4. The van der Waals surface area contributed by atoms with Crippen molar-refractivity contribution in [2.45, 2.75) is 42.9 Å². The molecule has 5 nitrogen and oxygen atoms in total. The molecule has 110 valence electrons. The third kappa shape index (κ3) is 3.79. The highest BCUT2D eigenvalue weighted by Crippen LogP contribution is 2.21. The Balaban J connectivity index is 1.96. The first-order chi connectivity index (χ1) is 9.37. The molecule has 1 aliphatic rings. The molecule has 0 aromatic carbocycles. The molecule has 1 aliphatic heterocycles. The second-order valence-electron chi connectivity index (χ2n) is 5.82. The van der Waals surface area contributed by atoms with Crippen molar-refractivity contribution in [3.8, 4) is 0 Å². The summed E-state index contributed by atoms with van der Waals surface area (Å²) in [5.74, 6) is 0. The van der Waals surface area contributed by atoms with E-state index < -0.39 is 16.4 Å². The highest BCUT2D eigenvalue weighted by Gasteiger charge is 2.33. The van der Waals surface area contributed by atoms with E-state index in [0.29, 0.717) is 13.1 Å². The molecule has 1 fully saturated rings. The fraction of sp³-hybridized carbons (Fsp3) is 0.571. The van der Waals surface area contributed by atoms with Crippen LogP contribution in [-0.4, -0.2) is 44.1 Å². The molecular weight excluding hydrogens is 276 g/mol. The van der Waals surface area contributed by atoms with E-state index in [4.69, 9.17) is 4.74 Å². The zero-order valence-electron chi connectivity index (χ0n) is 12.0. The summed E-state index contributed by atoms with van der Waals surface area (Å²) in [6.07, 6.45) is 3.67. The summed E-state index contributed by atoms with van der Waals surface area (Å²) in [6.45, 7) is 6.59. The van der Waals surface area contributed by atoms with Gasteiger partial charge in [-0.05, 0) is 39.3 Å². The molecule has 20 heavy (non-hydrogen) atoms. The fourth-order valence-electron chi connectivity index (χ4n) is 2.06. The van der Waals surface area contributed by atoms with Crippen LogP contribution in [-0.2, 0) is 15.5 Å². The van der Waals surface area contributed by atoms with Crippen LogP contribution in [0.4, 0.5) is 4.79 Å². The van der Waals surface area contributed by atoms with E-state index >= 15 is 0 Å². The van der Waals surface area contributed by atoms with Gasteiger partial charge in [-0.1, -0.05) is 0 Å². The Morgan fingerprint density at radius 2 is 2.05 bits per heavy atom. The number of ether oxygens (including phenoxy) is 1. The van der Waals surface area contributed by atoms with E-state index in [1.165, 1.54) is 0 Å². The lowest BCUT2D eigenvalue weighted by Crippen LogP contribution is -2.36. The number of nitrogens with zero attached hydrogens (tertiary/aromatic N) is 2. The van der Waals surface area contributed by atoms with Crippen LogP contribution in [0.1, 0.15) is 27.2 Å². The minimum atomic E-state index is -1.11. The Hall–Kier alpha value is -1.43. The molecule has 1 aromatic rings. The highest BCUT2D eigenvalue weighted by molar-refractivity contribution is 7.85. The van der Waals surface area contributed by atoms with Gasteiger partial charge in [0.25, 0.3) is 0 Å². The molecule has 2 heterocycles. The lowest BCUT2D eigenvalue weighted by Gasteiger charge is -2.24. The molecule has 1 saturated heterocycles. The standard InChI is InChI=1S/C14H20N2O3S/c1-14(2,3)19-13(17)16-9-6-12(10-16)20(18)11-4-7-15-8-5-11/h4-5,7-8,12H,6,9-10H2,1-3H3/t12-,20+/m0/s1. The van der Waals surface area contributed by atoms with Gasteiger partial charge in [0.1, 0.15) is 5.60 Å². The second kappa shape index (κ2) is 5.91. The molecular formula is C14H20N2O3S. The van der Waals surface area contributed by atoms with Crippen LogP contribution in [0.25, 0.3) is 0 Å². The van der Waals surface area contributed by atoms with Crippen molar-refractivity contribution in [1.82, 2.24) is 9.88 Å². The average molecular weight is 296 g/mol. The first-order valence-electron chi connectivity index (χ1n) is 6.65. The monoisotopic (exact) mass is 296 g/mol. The lowest BCUT2D eigenvalue weighted by atomic mass is 10.2. The zero-order valence-corrected chi connectivity index (χ0v) is 12.9. The highest BCUT2D eigenvalue weighted by atomic mass is 32.2. The Kier molecular flexibility index (Phi) is 4.42. The van der Waals surface area contributed by atoms with Gasteiger partial charge in [-0.3, -0.25) is 9.19 Å². The molecule has 0 radical (unpaired) electrons. The number of aromatic nitrogens is 1. The predicted molar refractivity (Wildman–Crippen MR) is 76.9 cm³/mol. The fourth-order valence-corrected chi connectivity index (χ4v) is 3.47. The van der Waals surface area contributed by atoms with Gasteiger partial charge in [0.15, 0.2) is 0 Å². The third-order valence-electron chi connectivity index (χ3n) is 2.98. The van der Waals surface area contributed by atoms with Gasteiger partial charge in [0.05, 0.1) is 16.0 Å². The largest absolute Gasteiger partial charge is 0.444 e. The quantitative estimate of drug-likeness (QED) is 0.839. The zero-order chi connectivity index (χ0) is 14.8. The van der Waals surface area contributed by atoms with Crippen molar-refractivity contribution in [3.63, 3.8) is 0 Å². The van der Waals surface area contributed by atoms with E-state index in [1.54, 1.807) is 29.4 Å². The summed E-state index contributed by atoms with van der Waals surface area (Å²) in [5.41, 5.74) is -0.501.